The molecule has 2 aromatic carbocycles. The summed E-state index contributed by atoms with van der Waals surface area (Å²) in [6, 6.07) is 14.0. The van der Waals surface area contributed by atoms with Crippen LogP contribution in [0.4, 0.5) is 0 Å². The first kappa shape index (κ1) is 20.5. The average Bonchev–Trinajstić information content (AvgIpc) is 3.08. The van der Waals surface area contributed by atoms with Gasteiger partial charge in [0.1, 0.15) is 0 Å². The zero-order valence-electron chi connectivity index (χ0n) is 15.8. The molecular weight excluding hydrogens is 396 g/mol. The number of amides is 1. The fourth-order valence-corrected chi connectivity index (χ4v) is 4.78. The van der Waals surface area contributed by atoms with Gasteiger partial charge in [-0.25, -0.2) is 18.6 Å². The smallest absolute Gasteiger partial charge is 0.284 e. The lowest BCUT2D eigenvalue weighted by atomic mass is 9.87. The highest BCUT2D eigenvalue weighted by atomic mass is 32.2. The molecule has 1 aromatic heterocycles. The van der Waals surface area contributed by atoms with Crippen LogP contribution < -0.4 is 10.2 Å². The molecule has 0 aliphatic heterocycles. The van der Waals surface area contributed by atoms with Crippen LogP contribution in [0.3, 0.4) is 0 Å². The van der Waals surface area contributed by atoms with E-state index in [0.717, 1.165) is 21.2 Å². The van der Waals surface area contributed by atoms with E-state index in [1.165, 1.54) is 11.3 Å². The molecule has 8 heteroatoms. The lowest BCUT2D eigenvalue weighted by Crippen LogP contribution is -2.23. The average molecular weight is 419 g/mol. The molecule has 0 radical (unpaired) electrons. The van der Waals surface area contributed by atoms with Crippen molar-refractivity contribution in [2.75, 3.05) is 0 Å². The summed E-state index contributed by atoms with van der Waals surface area (Å²) >= 11 is 1.23. The summed E-state index contributed by atoms with van der Waals surface area (Å²) in [6.07, 6.45) is 0. The van der Waals surface area contributed by atoms with Crippen LogP contribution in [0.5, 0.6) is 0 Å². The van der Waals surface area contributed by atoms with E-state index in [4.69, 9.17) is 5.21 Å². The van der Waals surface area contributed by atoms with Crippen LogP contribution in [0, 0.1) is 0 Å². The molecule has 6 nitrogen and oxygen atoms in total. The summed E-state index contributed by atoms with van der Waals surface area (Å²) in [6.45, 7) is 6.36. The first-order valence-corrected chi connectivity index (χ1v) is 11.0. The largest absolute Gasteiger partial charge is 0.288 e. The van der Waals surface area contributed by atoms with Crippen LogP contribution >= 0.6 is 11.3 Å². The first-order valence-electron chi connectivity index (χ1n) is 8.67. The summed E-state index contributed by atoms with van der Waals surface area (Å²) in [5.41, 5.74) is 3.41. The van der Waals surface area contributed by atoms with E-state index in [1.54, 1.807) is 29.7 Å². The Hall–Kier alpha value is -2.26. The molecule has 0 unspecified atom stereocenters. The fourth-order valence-electron chi connectivity index (χ4n) is 2.75. The van der Waals surface area contributed by atoms with Crippen molar-refractivity contribution in [3.05, 3.63) is 64.5 Å². The summed E-state index contributed by atoms with van der Waals surface area (Å²) < 4.78 is 28.6. The van der Waals surface area contributed by atoms with Crippen LogP contribution in [0.15, 0.2) is 53.4 Å². The van der Waals surface area contributed by atoms with Crippen LogP contribution in [-0.2, 0) is 22.0 Å². The van der Waals surface area contributed by atoms with Gasteiger partial charge in [-0.3, -0.25) is 10.0 Å². The molecule has 3 N–H and O–H groups in total. The monoisotopic (exact) mass is 418 g/mol. The number of carbonyl (C=O) groups excluding carboxylic acids is 1. The quantitative estimate of drug-likeness (QED) is 0.434. The predicted octanol–water partition coefficient (Wildman–Crippen LogP) is 3.80. The molecule has 3 aromatic rings. The number of carbonyl (C=O) groups is 1. The van der Waals surface area contributed by atoms with Gasteiger partial charge in [0.05, 0.1) is 9.77 Å². The van der Waals surface area contributed by atoms with Gasteiger partial charge in [-0.2, -0.15) is 0 Å². The Balaban J connectivity index is 1.76. The van der Waals surface area contributed by atoms with E-state index < -0.39 is 15.9 Å². The molecule has 1 amide bonds. The Morgan fingerprint density at radius 3 is 2.36 bits per heavy atom. The summed E-state index contributed by atoms with van der Waals surface area (Å²) in [4.78, 5) is 12.1. The third-order valence-electron chi connectivity index (χ3n) is 4.41. The molecular formula is C20H22N2O4S2. The maximum atomic E-state index is 12.6. The molecule has 0 spiro atoms. The molecule has 0 saturated heterocycles. The third-order valence-corrected chi connectivity index (χ3v) is 6.92. The Bertz CT molecular complexity index is 1110. The number of hydrogen-bond donors (Lipinski definition) is 3. The minimum atomic E-state index is -3.63. The minimum Gasteiger partial charge on any atom is -0.288 e. The van der Waals surface area contributed by atoms with Crippen LogP contribution in [0.1, 0.15) is 41.6 Å². The van der Waals surface area contributed by atoms with E-state index in [9.17, 15) is 13.2 Å². The normalized spacial score (nSPS) is 12.3. The first-order chi connectivity index (χ1) is 13.1. The standard InChI is InChI=1S/C20H22N2O4S2/c1-20(2,3)15-6-8-16(9-7-15)28(25,26)21-12-13-4-5-14-11-18(19(23)22-24)27-17(14)10-13/h4-11,21,24H,12H2,1-3H3,(H,22,23). The maximum Gasteiger partial charge on any atom is 0.284 e. The number of hydroxylamine groups is 1. The van der Waals surface area contributed by atoms with E-state index in [0.29, 0.717) is 4.88 Å². The molecule has 1 heterocycles. The van der Waals surface area contributed by atoms with E-state index >= 15 is 0 Å². The zero-order chi connectivity index (χ0) is 20.5. The number of thiophene rings is 1. The van der Waals surface area contributed by atoms with Crippen molar-refractivity contribution in [3.8, 4) is 0 Å². The van der Waals surface area contributed by atoms with Crippen molar-refractivity contribution in [2.45, 2.75) is 37.6 Å². The molecule has 0 fully saturated rings. The number of benzene rings is 2. The van der Waals surface area contributed by atoms with Gasteiger partial charge in [0.25, 0.3) is 5.91 Å². The topological polar surface area (TPSA) is 95.5 Å². The SMILES string of the molecule is CC(C)(C)c1ccc(S(=O)(=O)NCc2ccc3cc(C(=O)NO)sc3c2)cc1. The molecule has 148 valence electrons. The summed E-state index contributed by atoms with van der Waals surface area (Å²) in [5, 5.41) is 9.60. The maximum absolute atomic E-state index is 12.6. The number of sulfonamides is 1. The van der Waals surface area contributed by atoms with Gasteiger partial charge in [-0.15, -0.1) is 11.3 Å². The number of fused-ring (bicyclic) bond motifs is 1. The van der Waals surface area contributed by atoms with Gasteiger partial charge in [0.15, 0.2) is 0 Å². The highest BCUT2D eigenvalue weighted by molar-refractivity contribution is 7.89. The van der Waals surface area contributed by atoms with E-state index in [1.807, 2.05) is 24.3 Å². The van der Waals surface area contributed by atoms with Crippen molar-refractivity contribution in [2.24, 2.45) is 0 Å². The van der Waals surface area contributed by atoms with Gasteiger partial charge in [-0.1, -0.05) is 45.0 Å². The fraction of sp³-hybridized carbons (Fsp3) is 0.250. The number of rotatable bonds is 5. The van der Waals surface area contributed by atoms with Gasteiger partial charge >= 0.3 is 0 Å². The summed E-state index contributed by atoms with van der Waals surface area (Å²) in [7, 11) is -3.63. The Morgan fingerprint density at radius 2 is 1.75 bits per heavy atom. The van der Waals surface area contributed by atoms with Crippen molar-refractivity contribution >= 4 is 37.4 Å². The van der Waals surface area contributed by atoms with Gasteiger partial charge in [0.2, 0.25) is 10.0 Å². The third kappa shape index (κ3) is 4.41. The highest BCUT2D eigenvalue weighted by Gasteiger charge is 2.17. The lowest BCUT2D eigenvalue weighted by molar-refractivity contribution is 0.0711. The lowest BCUT2D eigenvalue weighted by Gasteiger charge is -2.19. The molecule has 0 aliphatic rings. The van der Waals surface area contributed by atoms with Crippen molar-refractivity contribution in [3.63, 3.8) is 0 Å². The van der Waals surface area contributed by atoms with Gasteiger partial charge < -0.3 is 0 Å². The Labute approximate surface area is 168 Å². The van der Waals surface area contributed by atoms with E-state index in [2.05, 4.69) is 25.5 Å². The van der Waals surface area contributed by atoms with Crippen molar-refractivity contribution < 1.29 is 18.4 Å². The second-order valence-electron chi connectivity index (χ2n) is 7.52. The molecule has 28 heavy (non-hydrogen) atoms. The van der Waals surface area contributed by atoms with Gasteiger partial charge in [-0.05, 0) is 46.2 Å². The van der Waals surface area contributed by atoms with Crippen LogP contribution in [0.2, 0.25) is 0 Å². The number of hydrogen-bond acceptors (Lipinski definition) is 5. The molecule has 0 bridgehead atoms. The van der Waals surface area contributed by atoms with Crippen LogP contribution in [-0.4, -0.2) is 19.5 Å². The number of nitrogens with one attached hydrogen (secondary N) is 2. The molecule has 0 atom stereocenters. The Morgan fingerprint density at radius 1 is 1.07 bits per heavy atom. The van der Waals surface area contributed by atoms with E-state index in [-0.39, 0.29) is 16.9 Å². The second-order valence-corrected chi connectivity index (χ2v) is 10.4. The summed E-state index contributed by atoms with van der Waals surface area (Å²) in [5.74, 6) is -0.567. The predicted molar refractivity (Wildman–Crippen MR) is 110 cm³/mol. The molecule has 0 aliphatic carbocycles. The Kier molecular flexibility index (Phi) is 5.58. The molecule has 3 rings (SSSR count). The highest BCUT2D eigenvalue weighted by Crippen LogP contribution is 2.27. The minimum absolute atomic E-state index is 0.0440. The zero-order valence-corrected chi connectivity index (χ0v) is 17.4. The van der Waals surface area contributed by atoms with Crippen LogP contribution in [0.25, 0.3) is 10.1 Å². The molecule has 0 saturated carbocycles. The second kappa shape index (κ2) is 7.63. The van der Waals surface area contributed by atoms with Gasteiger partial charge in [0, 0.05) is 11.2 Å². The van der Waals surface area contributed by atoms with Crippen molar-refractivity contribution in [1.29, 1.82) is 0 Å². The van der Waals surface area contributed by atoms with Crippen molar-refractivity contribution in [1.82, 2.24) is 10.2 Å².